The molecule has 2 aromatic rings. The lowest BCUT2D eigenvalue weighted by Gasteiger charge is -2.22. The molecule has 0 atom stereocenters. The van der Waals surface area contributed by atoms with Crippen LogP contribution in [-0.4, -0.2) is 34.9 Å². The van der Waals surface area contributed by atoms with Gasteiger partial charge in [-0.1, -0.05) is 0 Å². The molecular formula is C17H27N3OS. The molecule has 22 heavy (non-hydrogen) atoms. The molecule has 0 saturated carbocycles. The van der Waals surface area contributed by atoms with Crippen LogP contribution < -0.4 is 0 Å². The van der Waals surface area contributed by atoms with E-state index in [1.807, 2.05) is 11.3 Å². The molecule has 0 aliphatic carbocycles. The predicted octanol–water partition coefficient (Wildman–Crippen LogP) is 3.54. The third-order valence-corrected chi connectivity index (χ3v) is 5.17. The van der Waals surface area contributed by atoms with Gasteiger partial charge >= 0.3 is 0 Å². The number of hydrogen-bond donors (Lipinski definition) is 0. The first-order valence-electron chi connectivity index (χ1n) is 7.84. The van der Waals surface area contributed by atoms with Gasteiger partial charge in [0, 0.05) is 49.4 Å². The van der Waals surface area contributed by atoms with E-state index >= 15 is 0 Å². The van der Waals surface area contributed by atoms with Crippen molar-refractivity contribution in [3.63, 3.8) is 0 Å². The Labute approximate surface area is 137 Å². The van der Waals surface area contributed by atoms with Crippen molar-refractivity contribution in [2.45, 2.75) is 47.3 Å². The molecule has 122 valence electrons. The number of ether oxygens (including phenoxy) is 1. The fraction of sp³-hybridized carbons (Fsp3) is 0.588. The van der Waals surface area contributed by atoms with Crippen LogP contribution in [0.4, 0.5) is 0 Å². The van der Waals surface area contributed by atoms with E-state index in [4.69, 9.17) is 4.74 Å². The van der Waals surface area contributed by atoms with E-state index in [0.29, 0.717) is 0 Å². The lowest BCUT2D eigenvalue weighted by molar-refractivity contribution is 0.140. The molecule has 0 saturated heterocycles. The molecule has 0 unspecified atom stereocenters. The van der Waals surface area contributed by atoms with Gasteiger partial charge in [-0.15, -0.1) is 11.3 Å². The molecule has 2 aromatic heterocycles. The second kappa shape index (κ2) is 7.90. The van der Waals surface area contributed by atoms with Crippen molar-refractivity contribution >= 4 is 11.3 Å². The zero-order valence-corrected chi connectivity index (χ0v) is 15.2. The number of nitrogens with zero attached hydrogens (tertiary/aromatic N) is 3. The van der Waals surface area contributed by atoms with Gasteiger partial charge in [0.05, 0.1) is 12.3 Å². The van der Waals surface area contributed by atoms with E-state index in [1.54, 1.807) is 7.11 Å². The summed E-state index contributed by atoms with van der Waals surface area (Å²) in [4.78, 5) is 3.90. The topological polar surface area (TPSA) is 30.3 Å². The van der Waals surface area contributed by atoms with Crippen molar-refractivity contribution in [3.8, 4) is 0 Å². The van der Waals surface area contributed by atoms with Gasteiger partial charge in [0.25, 0.3) is 0 Å². The van der Waals surface area contributed by atoms with E-state index in [0.717, 1.165) is 38.5 Å². The number of rotatable bonds is 8. The van der Waals surface area contributed by atoms with Gasteiger partial charge in [-0.25, -0.2) is 0 Å². The fourth-order valence-corrected chi connectivity index (χ4v) is 3.65. The molecule has 0 spiro atoms. The molecular weight excluding hydrogens is 294 g/mol. The maximum absolute atomic E-state index is 5.29. The second-order valence-electron chi connectivity index (χ2n) is 5.70. The van der Waals surface area contributed by atoms with E-state index in [-0.39, 0.29) is 0 Å². The quantitative estimate of drug-likeness (QED) is 0.745. The summed E-state index contributed by atoms with van der Waals surface area (Å²) in [5.41, 5.74) is 5.16. The van der Waals surface area contributed by atoms with Crippen LogP contribution in [0.1, 0.15) is 34.3 Å². The Morgan fingerprint density at radius 3 is 2.59 bits per heavy atom. The Bertz CT molecular complexity index is 603. The van der Waals surface area contributed by atoms with Crippen molar-refractivity contribution in [2.24, 2.45) is 0 Å². The summed E-state index contributed by atoms with van der Waals surface area (Å²) in [5.74, 6) is 0. The van der Waals surface area contributed by atoms with Crippen LogP contribution >= 0.6 is 11.3 Å². The molecule has 2 heterocycles. The Morgan fingerprint density at radius 2 is 2.05 bits per heavy atom. The number of thiophene rings is 1. The zero-order valence-electron chi connectivity index (χ0n) is 14.3. The maximum atomic E-state index is 5.29. The Morgan fingerprint density at radius 1 is 1.27 bits per heavy atom. The van der Waals surface area contributed by atoms with Crippen molar-refractivity contribution in [3.05, 3.63) is 38.8 Å². The summed E-state index contributed by atoms with van der Waals surface area (Å²) in [6.45, 7) is 13.1. The highest BCUT2D eigenvalue weighted by Crippen LogP contribution is 2.21. The van der Waals surface area contributed by atoms with Crippen LogP contribution in [0.15, 0.2) is 11.4 Å². The molecule has 0 aliphatic rings. The monoisotopic (exact) mass is 321 g/mol. The summed E-state index contributed by atoms with van der Waals surface area (Å²) in [6, 6.07) is 2.19. The smallest absolute Gasteiger partial charge is 0.0641 e. The van der Waals surface area contributed by atoms with Gasteiger partial charge in [0.1, 0.15) is 0 Å². The minimum atomic E-state index is 0.754. The number of aromatic nitrogens is 2. The summed E-state index contributed by atoms with van der Waals surface area (Å²) in [7, 11) is 1.76. The van der Waals surface area contributed by atoms with Crippen LogP contribution in [0, 0.1) is 20.8 Å². The SMILES string of the molecule is CCn1nc(C)c(CN(CCOC)Cc2sccc2C)c1C. The minimum Gasteiger partial charge on any atom is -0.383 e. The number of methoxy groups -OCH3 is 1. The maximum Gasteiger partial charge on any atom is 0.0641 e. The van der Waals surface area contributed by atoms with Crippen LogP contribution in [0.25, 0.3) is 0 Å². The number of aryl methyl sites for hydroxylation is 3. The average Bonchev–Trinajstić information content (AvgIpc) is 3.02. The molecule has 0 aliphatic heterocycles. The van der Waals surface area contributed by atoms with E-state index in [1.165, 1.54) is 21.7 Å². The Kier molecular flexibility index (Phi) is 6.17. The lowest BCUT2D eigenvalue weighted by Crippen LogP contribution is -2.27. The van der Waals surface area contributed by atoms with Gasteiger partial charge in [-0.2, -0.15) is 5.10 Å². The predicted molar refractivity (Wildman–Crippen MR) is 92.4 cm³/mol. The molecule has 0 bridgehead atoms. The molecule has 0 fully saturated rings. The van der Waals surface area contributed by atoms with E-state index in [9.17, 15) is 0 Å². The zero-order chi connectivity index (χ0) is 16.1. The molecule has 4 nitrogen and oxygen atoms in total. The van der Waals surface area contributed by atoms with Gasteiger partial charge in [-0.3, -0.25) is 9.58 Å². The largest absolute Gasteiger partial charge is 0.383 e. The molecule has 0 amide bonds. The standard InChI is InChI=1S/C17H27N3OS/c1-6-20-15(4)16(14(3)18-20)11-19(8-9-21-5)12-17-13(2)7-10-22-17/h7,10H,6,8-9,11-12H2,1-5H3. The normalized spacial score (nSPS) is 11.5. The molecule has 0 N–H and O–H groups in total. The van der Waals surface area contributed by atoms with Crippen molar-refractivity contribution in [1.29, 1.82) is 0 Å². The van der Waals surface area contributed by atoms with E-state index in [2.05, 4.69) is 53.8 Å². The average molecular weight is 321 g/mol. The first kappa shape index (κ1) is 17.2. The highest BCUT2D eigenvalue weighted by atomic mass is 32.1. The van der Waals surface area contributed by atoms with Gasteiger partial charge < -0.3 is 4.74 Å². The Hall–Kier alpha value is -1.17. The molecule has 2 rings (SSSR count). The van der Waals surface area contributed by atoms with Gasteiger partial charge in [0.2, 0.25) is 0 Å². The highest BCUT2D eigenvalue weighted by Gasteiger charge is 2.16. The van der Waals surface area contributed by atoms with E-state index < -0.39 is 0 Å². The van der Waals surface area contributed by atoms with Crippen LogP contribution in [-0.2, 0) is 24.4 Å². The second-order valence-corrected chi connectivity index (χ2v) is 6.70. The minimum absolute atomic E-state index is 0.754. The highest BCUT2D eigenvalue weighted by molar-refractivity contribution is 7.10. The summed E-state index contributed by atoms with van der Waals surface area (Å²) >= 11 is 1.84. The summed E-state index contributed by atoms with van der Waals surface area (Å²) < 4.78 is 7.38. The van der Waals surface area contributed by atoms with Crippen LogP contribution in [0.2, 0.25) is 0 Å². The summed E-state index contributed by atoms with van der Waals surface area (Å²) in [5, 5.41) is 6.81. The summed E-state index contributed by atoms with van der Waals surface area (Å²) in [6.07, 6.45) is 0. The molecule has 0 radical (unpaired) electrons. The third-order valence-electron chi connectivity index (χ3n) is 4.16. The first-order valence-corrected chi connectivity index (χ1v) is 8.71. The first-order chi connectivity index (χ1) is 10.6. The van der Waals surface area contributed by atoms with Crippen molar-refractivity contribution < 1.29 is 4.74 Å². The van der Waals surface area contributed by atoms with Crippen LogP contribution in [0.5, 0.6) is 0 Å². The Balaban J connectivity index is 2.16. The molecule has 5 heteroatoms. The van der Waals surface area contributed by atoms with Gasteiger partial charge in [-0.05, 0) is 44.7 Å². The fourth-order valence-electron chi connectivity index (χ4n) is 2.70. The number of hydrogen-bond acceptors (Lipinski definition) is 4. The van der Waals surface area contributed by atoms with Crippen molar-refractivity contribution in [1.82, 2.24) is 14.7 Å². The third kappa shape index (κ3) is 3.97. The van der Waals surface area contributed by atoms with Crippen LogP contribution in [0.3, 0.4) is 0 Å². The van der Waals surface area contributed by atoms with Gasteiger partial charge in [0.15, 0.2) is 0 Å². The molecule has 0 aromatic carbocycles. The lowest BCUT2D eigenvalue weighted by atomic mass is 10.1. The van der Waals surface area contributed by atoms with Crippen molar-refractivity contribution in [2.75, 3.05) is 20.3 Å².